The van der Waals surface area contributed by atoms with Crippen LogP contribution in [0.25, 0.3) is 0 Å². The second kappa shape index (κ2) is 8.53. The Balaban J connectivity index is 2.65. The van der Waals surface area contributed by atoms with Crippen molar-refractivity contribution in [3.63, 3.8) is 0 Å². The summed E-state index contributed by atoms with van der Waals surface area (Å²) < 4.78 is 10.9. The van der Waals surface area contributed by atoms with Crippen molar-refractivity contribution in [2.24, 2.45) is 0 Å². The van der Waals surface area contributed by atoms with Crippen LogP contribution in [0.4, 0.5) is 0 Å². The Morgan fingerprint density at radius 1 is 1.35 bits per heavy atom. The Morgan fingerprint density at radius 3 is 2.60 bits per heavy atom. The Bertz CT molecular complexity index is 301. The van der Waals surface area contributed by atoms with Crippen LogP contribution in [0.5, 0.6) is 0 Å². The lowest BCUT2D eigenvalue weighted by Crippen LogP contribution is -2.64. The molecule has 0 spiro atoms. The summed E-state index contributed by atoms with van der Waals surface area (Å²) in [6.07, 6.45) is -1.92. The maximum absolute atomic E-state index is 11.2. The molecule has 1 aliphatic heterocycles. The number of nitrogens with one attached hydrogen (secondary N) is 1. The Morgan fingerprint density at radius 2 is 2.05 bits per heavy atom. The molecule has 1 aliphatic rings. The second-order valence-electron chi connectivity index (χ2n) is 4.86. The predicted octanol–water partition coefficient (Wildman–Crippen LogP) is -1.05. The van der Waals surface area contributed by atoms with Gasteiger partial charge in [0, 0.05) is 13.5 Å². The van der Waals surface area contributed by atoms with Gasteiger partial charge in [-0.25, -0.2) is 0 Å². The normalized spacial score (nSPS) is 34.0. The fraction of sp³-hybridized carbons (Fsp3) is 0.846. The molecule has 1 amide bonds. The molecule has 0 saturated carbocycles. The molecule has 0 aromatic rings. The largest absolute Gasteiger partial charge is 0.394 e. The first-order chi connectivity index (χ1) is 9.51. The molecule has 1 saturated heterocycles. The van der Waals surface area contributed by atoms with Gasteiger partial charge in [-0.1, -0.05) is 19.8 Å². The van der Waals surface area contributed by atoms with Crippen molar-refractivity contribution in [2.75, 3.05) is 13.2 Å². The third kappa shape index (κ3) is 4.68. The van der Waals surface area contributed by atoms with E-state index in [9.17, 15) is 15.0 Å². The number of unbranched alkanes of at least 4 members (excludes halogenated alkanes) is 2. The van der Waals surface area contributed by atoms with Crippen molar-refractivity contribution >= 4 is 5.91 Å². The zero-order valence-electron chi connectivity index (χ0n) is 11.7. The summed E-state index contributed by atoms with van der Waals surface area (Å²) in [6, 6.07) is -0.870. The molecule has 4 N–H and O–H groups in total. The first kappa shape index (κ1) is 17.3. The number of ether oxygens (including phenoxy) is 2. The Kier molecular flexibility index (Phi) is 7.39. The van der Waals surface area contributed by atoms with E-state index in [0.29, 0.717) is 6.61 Å². The van der Waals surface area contributed by atoms with Crippen molar-refractivity contribution < 1.29 is 29.6 Å². The van der Waals surface area contributed by atoms with Gasteiger partial charge in [-0.05, 0) is 6.42 Å². The molecule has 0 aromatic heterocycles. The number of rotatable bonds is 7. The molecule has 117 valence electrons. The summed E-state index contributed by atoms with van der Waals surface area (Å²) in [4.78, 5) is 11.2. The van der Waals surface area contributed by atoms with Crippen molar-refractivity contribution in [3.05, 3.63) is 6.92 Å². The highest BCUT2D eigenvalue weighted by Crippen LogP contribution is 2.22. The molecule has 1 heterocycles. The van der Waals surface area contributed by atoms with Gasteiger partial charge in [-0.3, -0.25) is 4.79 Å². The first-order valence-electron chi connectivity index (χ1n) is 6.81. The molecule has 5 atom stereocenters. The molecular formula is C13H24NO6. The van der Waals surface area contributed by atoms with Crippen LogP contribution in [0, 0.1) is 6.92 Å². The topological polar surface area (TPSA) is 108 Å². The molecule has 1 fully saturated rings. The molecule has 1 rings (SSSR count). The second-order valence-corrected chi connectivity index (χ2v) is 4.86. The predicted molar refractivity (Wildman–Crippen MR) is 70.5 cm³/mol. The van der Waals surface area contributed by atoms with Crippen molar-refractivity contribution in [1.29, 1.82) is 0 Å². The maximum Gasteiger partial charge on any atom is 0.217 e. The van der Waals surface area contributed by atoms with Crippen LogP contribution in [0.3, 0.4) is 0 Å². The number of hydrogen-bond acceptors (Lipinski definition) is 6. The number of hydrogen-bond donors (Lipinski definition) is 4. The van der Waals surface area contributed by atoms with Gasteiger partial charge in [0.2, 0.25) is 5.91 Å². The van der Waals surface area contributed by atoms with E-state index in [1.54, 1.807) is 0 Å². The van der Waals surface area contributed by atoms with E-state index >= 15 is 0 Å². The van der Waals surface area contributed by atoms with Gasteiger partial charge in [-0.15, -0.1) is 0 Å². The van der Waals surface area contributed by atoms with Crippen LogP contribution >= 0.6 is 0 Å². The monoisotopic (exact) mass is 290 g/mol. The molecule has 0 unspecified atom stereocenters. The lowest BCUT2D eigenvalue weighted by Gasteiger charge is -2.42. The fourth-order valence-corrected chi connectivity index (χ4v) is 2.09. The molecule has 20 heavy (non-hydrogen) atoms. The standard InChI is InChI=1S/C13H24NO6/c1-3-4-5-6-19-13-10(14-8(2)16)12(18)11(17)9(7-15)20-13/h9-13,15,17-18H,1,3-7H2,2H3,(H,14,16)/t9-,10-,11-,12-,13-/m1/s1. The lowest BCUT2D eigenvalue weighted by molar-refractivity contribution is -0.270. The van der Waals surface area contributed by atoms with Crippen LogP contribution in [0.2, 0.25) is 0 Å². The van der Waals surface area contributed by atoms with Gasteiger partial charge in [0.1, 0.15) is 24.4 Å². The summed E-state index contributed by atoms with van der Waals surface area (Å²) in [7, 11) is 0. The highest BCUT2D eigenvalue weighted by Gasteiger charge is 2.45. The highest BCUT2D eigenvalue weighted by molar-refractivity contribution is 5.73. The number of aliphatic hydroxyl groups is 3. The number of carbonyl (C=O) groups excluding carboxylic acids is 1. The smallest absolute Gasteiger partial charge is 0.217 e. The minimum absolute atomic E-state index is 0.362. The summed E-state index contributed by atoms with van der Waals surface area (Å²) in [6.45, 7) is 4.97. The van der Waals surface area contributed by atoms with E-state index in [0.717, 1.165) is 19.3 Å². The lowest BCUT2D eigenvalue weighted by atomic mass is 9.97. The molecule has 1 radical (unpaired) electrons. The average molecular weight is 290 g/mol. The molecule has 0 aromatic carbocycles. The highest BCUT2D eigenvalue weighted by atomic mass is 16.7. The fourth-order valence-electron chi connectivity index (χ4n) is 2.09. The van der Waals surface area contributed by atoms with Crippen LogP contribution in [0.1, 0.15) is 26.2 Å². The van der Waals surface area contributed by atoms with Gasteiger partial charge in [0.15, 0.2) is 6.29 Å². The third-order valence-corrected chi connectivity index (χ3v) is 3.18. The Hall–Kier alpha value is -0.730. The first-order valence-corrected chi connectivity index (χ1v) is 6.81. The maximum atomic E-state index is 11.2. The van der Waals surface area contributed by atoms with E-state index in [1.807, 2.05) is 0 Å². The summed E-state index contributed by atoms with van der Waals surface area (Å²) >= 11 is 0. The minimum Gasteiger partial charge on any atom is -0.394 e. The summed E-state index contributed by atoms with van der Waals surface area (Å²) in [5.74, 6) is -0.362. The van der Waals surface area contributed by atoms with Gasteiger partial charge in [0.25, 0.3) is 0 Å². The number of carbonyl (C=O) groups is 1. The van der Waals surface area contributed by atoms with E-state index < -0.39 is 37.3 Å². The van der Waals surface area contributed by atoms with Gasteiger partial charge in [-0.2, -0.15) is 0 Å². The quantitative estimate of drug-likeness (QED) is 0.446. The van der Waals surface area contributed by atoms with E-state index in [-0.39, 0.29) is 5.91 Å². The SMILES string of the molecule is [CH2]CCCCO[C@@H]1O[C@H](CO)[C@@H](O)[C@H](O)[C@H]1NC(C)=O. The van der Waals surface area contributed by atoms with Crippen LogP contribution in [0.15, 0.2) is 0 Å². The minimum atomic E-state index is -1.28. The van der Waals surface area contributed by atoms with Gasteiger partial charge < -0.3 is 30.1 Å². The third-order valence-electron chi connectivity index (χ3n) is 3.18. The van der Waals surface area contributed by atoms with Crippen LogP contribution in [-0.4, -0.2) is 65.1 Å². The molecular weight excluding hydrogens is 266 g/mol. The Labute approximate surface area is 118 Å². The van der Waals surface area contributed by atoms with Crippen molar-refractivity contribution in [3.8, 4) is 0 Å². The summed E-state index contributed by atoms with van der Waals surface area (Å²) in [5.41, 5.74) is 0. The number of amides is 1. The number of aliphatic hydroxyl groups excluding tert-OH is 3. The van der Waals surface area contributed by atoms with Crippen LogP contribution in [-0.2, 0) is 14.3 Å². The molecule has 7 nitrogen and oxygen atoms in total. The van der Waals surface area contributed by atoms with E-state index in [2.05, 4.69) is 12.2 Å². The zero-order chi connectivity index (χ0) is 15.1. The molecule has 0 bridgehead atoms. The van der Waals surface area contributed by atoms with E-state index in [1.165, 1.54) is 6.92 Å². The van der Waals surface area contributed by atoms with Crippen LogP contribution < -0.4 is 5.32 Å². The average Bonchev–Trinajstić information content (AvgIpc) is 2.41. The van der Waals surface area contributed by atoms with Gasteiger partial charge in [0.05, 0.1) is 6.61 Å². The molecule has 0 aliphatic carbocycles. The van der Waals surface area contributed by atoms with Gasteiger partial charge >= 0.3 is 0 Å². The van der Waals surface area contributed by atoms with E-state index in [4.69, 9.17) is 14.6 Å². The van der Waals surface area contributed by atoms with Crippen molar-refractivity contribution in [2.45, 2.75) is 56.8 Å². The summed E-state index contributed by atoms with van der Waals surface area (Å²) in [5, 5.41) is 31.4. The zero-order valence-corrected chi connectivity index (χ0v) is 11.7. The molecule has 7 heteroatoms. The van der Waals surface area contributed by atoms with Crippen molar-refractivity contribution in [1.82, 2.24) is 5.32 Å².